The predicted octanol–water partition coefficient (Wildman–Crippen LogP) is 3.10. The Balaban J connectivity index is 3.21. The number of anilines is 1. The highest BCUT2D eigenvalue weighted by Gasteiger charge is 2.10. The second kappa shape index (κ2) is 4.34. The molecule has 15 heavy (non-hydrogen) atoms. The van der Waals surface area contributed by atoms with E-state index in [0.717, 1.165) is 16.8 Å². The van der Waals surface area contributed by atoms with Crippen molar-refractivity contribution in [2.75, 3.05) is 12.4 Å². The number of ether oxygens (including phenoxy) is 1. The van der Waals surface area contributed by atoms with Crippen LogP contribution < -0.4 is 5.32 Å². The molecule has 0 aliphatic rings. The molecule has 0 unspecified atom stereocenters. The molecule has 0 spiro atoms. The van der Waals surface area contributed by atoms with E-state index in [1.54, 1.807) is 0 Å². The van der Waals surface area contributed by atoms with E-state index in [4.69, 9.17) is 0 Å². The molecule has 1 rings (SSSR count). The standard InChI is InChI=1S/C12H17NO2/c1-7-6-8(2)10(4)11(9(7)3)13-12(14)15-5/h6H,1-5H3,(H,13,14). The fourth-order valence-electron chi connectivity index (χ4n) is 1.56. The second-order valence-corrected chi connectivity index (χ2v) is 3.75. The summed E-state index contributed by atoms with van der Waals surface area (Å²) in [4.78, 5) is 11.2. The normalized spacial score (nSPS) is 9.93. The van der Waals surface area contributed by atoms with Crippen LogP contribution in [-0.4, -0.2) is 13.2 Å². The summed E-state index contributed by atoms with van der Waals surface area (Å²) in [6.45, 7) is 8.05. The molecule has 0 aliphatic heterocycles. The Kier molecular flexibility index (Phi) is 3.35. The Bertz CT molecular complexity index is 371. The van der Waals surface area contributed by atoms with Crippen molar-refractivity contribution in [3.05, 3.63) is 28.3 Å². The number of benzene rings is 1. The highest BCUT2D eigenvalue weighted by molar-refractivity contribution is 5.87. The molecule has 3 nitrogen and oxygen atoms in total. The largest absolute Gasteiger partial charge is 0.453 e. The minimum absolute atomic E-state index is 0.425. The first-order chi connectivity index (χ1) is 6.97. The first kappa shape index (κ1) is 11.6. The van der Waals surface area contributed by atoms with E-state index in [0.29, 0.717) is 0 Å². The minimum Gasteiger partial charge on any atom is -0.453 e. The van der Waals surface area contributed by atoms with Gasteiger partial charge < -0.3 is 4.74 Å². The van der Waals surface area contributed by atoms with Crippen LogP contribution in [0.1, 0.15) is 22.3 Å². The van der Waals surface area contributed by atoms with Gasteiger partial charge in [0.15, 0.2) is 0 Å². The van der Waals surface area contributed by atoms with Crippen molar-refractivity contribution in [2.24, 2.45) is 0 Å². The van der Waals surface area contributed by atoms with Gasteiger partial charge in [-0.3, -0.25) is 5.32 Å². The van der Waals surface area contributed by atoms with Gasteiger partial charge in [0, 0.05) is 0 Å². The molecule has 1 aromatic carbocycles. The lowest BCUT2D eigenvalue weighted by Gasteiger charge is -2.15. The molecule has 0 bridgehead atoms. The summed E-state index contributed by atoms with van der Waals surface area (Å²) in [5.41, 5.74) is 5.38. The Hall–Kier alpha value is -1.51. The summed E-state index contributed by atoms with van der Waals surface area (Å²) in [6.07, 6.45) is -0.425. The molecular formula is C12H17NO2. The van der Waals surface area contributed by atoms with Gasteiger partial charge >= 0.3 is 6.09 Å². The van der Waals surface area contributed by atoms with Crippen LogP contribution in [0.25, 0.3) is 0 Å². The number of hydrogen-bond acceptors (Lipinski definition) is 2. The van der Waals surface area contributed by atoms with Crippen LogP contribution in [0.2, 0.25) is 0 Å². The van der Waals surface area contributed by atoms with Crippen molar-refractivity contribution in [1.29, 1.82) is 0 Å². The van der Waals surface area contributed by atoms with Crippen molar-refractivity contribution >= 4 is 11.8 Å². The second-order valence-electron chi connectivity index (χ2n) is 3.75. The predicted molar refractivity (Wildman–Crippen MR) is 61.4 cm³/mol. The summed E-state index contributed by atoms with van der Waals surface area (Å²) in [5.74, 6) is 0. The summed E-state index contributed by atoms with van der Waals surface area (Å²) >= 11 is 0. The van der Waals surface area contributed by atoms with Gasteiger partial charge in [0.25, 0.3) is 0 Å². The number of aryl methyl sites for hydroxylation is 2. The van der Waals surface area contributed by atoms with Gasteiger partial charge in [0.1, 0.15) is 0 Å². The smallest absolute Gasteiger partial charge is 0.411 e. The monoisotopic (exact) mass is 207 g/mol. The van der Waals surface area contributed by atoms with E-state index in [-0.39, 0.29) is 0 Å². The molecule has 0 heterocycles. The van der Waals surface area contributed by atoms with E-state index in [2.05, 4.69) is 16.1 Å². The van der Waals surface area contributed by atoms with Crippen LogP contribution in [-0.2, 0) is 4.74 Å². The molecule has 0 atom stereocenters. The van der Waals surface area contributed by atoms with E-state index in [9.17, 15) is 4.79 Å². The number of nitrogens with one attached hydrogen (secondary N) is 1. The molecule has 1 aromatic rings. The lowest BCUT2D eigenvalue weighted by atomic mass is 9.99. The highest BCUT2D eigenvalue weighted by Crippen LogP contribution is 2.26. The van der Waals surface area contributed by atoms with Crippen molar-refractivity contribution in [2.45, 2.75) is 27.7 Å². The van der Waals surface area contributed by atoms with Crippen LogP contribution in [0.15, 0.2) is 6.07 Å². The van der Waals surface area contributed by atoms with Gasteiger partial charge in [-0.1, -0.05) is 6.07 Å². The Morgan fingerprint density at radius 2 is 1.60 bits per heavy atom. The minimum atomic E-state index is -0.425. The Morgan fingerprint density at radius 1 is 1.13 bits per heavy atom. The van der Waals surface area contributed by atoms with Gasteiger partial charge in [-0.05, 0) is 49.9 Å². The SMILES string of the molecule is COC(=O)Nc1c(C)c(C)cc(C)c1C. The van der Waals surface area contributed by atoms with Crippen molar-refractivity contribution < 1.29 is 9.53 Å². The average molecular weight is 207 g/mol. The molecule has 0 aromatic heterocycles. The number of methoxy groups -OCH3 is 1. The molecule has 0 fully saturated rings. The maximum Gasteiger partial charge on any atom is 0.411 e. The zero-order chi connectivity index (χ0) is 11.6. The zero-order valence-corrected chi connectivity index (χ0v) is 9.89. The maximum atomic E-state index is 11.2. The lowest BCUT2D eigenvalue weighted by molar-refractivity contribution is 0.187. The van der Waals surface area contributed by atoms with Gasteiger partial charge in [-0.25, -0.2) is 4.79 Å². The molecule has 1 amide bonds. The van der Waals surface area contributed by atoms with Gasteiger partial charge in [0.2, 0.25) is 0 Å². The fraction of sp³-hybridized carbons (Fsp3) is 0.417. The Morgan fingerprint density at radius 3 is 2.00 bits per heavy atom. The molecule has 1 N–H and O–H groups in total. The van der Waals surface area contributed by atoms with E-state index >= 15 is 0 Å². The molecule has 0 saturated carbocycles. The number of carbonyl (C=O) groups excluding carboxylic acids is 1. The van der Waals surface area contributed by atoms with Crippen molar-refractivity contribution in [3.63, 3.8) is 0 Å². The molecule has 3 heteroatoms. The molecule has 0 radical (unpaired) electrons. The molecular weight excluding hydrogens is 190 g/mol. The lowest BCUT2D eigenvalue weighted by Crippen LogP contribution is -2.14. The zero-order valence-electron chi connectivity index (χ0n) is 9.89. The van der Waals surface area contributed by atoms with Crippen LogP contribution in [0.3, 0.4) is 0 Å². The van der Waals surface area contributed by atoms with E-state index in [1.165, 1.54) is 18.2 Å². The van der Waals surface area contributed by atoms with Crippen LogP contribution >= 0.6 is 0 Å². The first-order valence-corrected chi connectivity index (χ1v) is 4.89. The van der Waals surface area contributed by atoms with E-state index in [1.807, 2.05) is 27.7 Å². The van der Waals surface area contributed by atoms with Gasteiger partial charge in [-0.2, -0.15) is 0 Å². The maximum absolute atomic E-state index is 11.2. The summed E-state index contributed by atoms with van der Waals surface area (Å²) in [5, 5.41) is 2.75. The van der Waals surface area contributed by atoms with Crippen LogP contribution in [0, 0.1) is 27.7 Å². The topological polar surface area (TPSA) is 38.3 Å². The van der Waals surface area contributed by atoms with E-state index < -0.39 is 6.09 Å². The average Bonchev–Trinajstić information content (AvgIpc) is 2.21. The third-order valence-electron chi connectivity index (χ3n) is 2.78. The molecule has 0 aliphatic carbocycles. The highest BCUT2D eigenvalue weighted by atomic mass is 16.5. The van der Waals surface area contributed by atoms with Crippen molar-refractivity contribution in [1.82, 2.24) is 0 Å². The third-order valence-corrected chi connectivity index (χ3v) is 2.78. The van der Waals surface area contributed by atoms with Crippen LogP contribution in [0.4, 0.5) is 10.5 Å². The number of amides is 1. The number of rotatable bonds is 1. The summed E-state index contributed by atoms with van der Waals surface area (Å²) in [7, 11) is 1.36. The summed E-state index contributed by atoms with van der Waals surface area (Å²) < 4.78 is 4.59. The van der Waals surface area contributed by atoms with Crippen LogP contribution in [0.5, 0.6) is 0 Å². The van der Waals surface area contributed by atoms with Gasteiger partial charge in [-0.15, -0.1) is 0 Å². The number of carbonyl (C=O) groups is 1. The number of hydrogen-bond donors (Lipinski definition) is 1. The third kappa shape index (κ3) is 2.29. The van der Waals surface area contributed by atoms with Gasteiger partial charge in [0.05, 0.1) is 12.8 Å². The summed E-state index contributed by atoms with van der Waals surface area (Å²) in [6, 6.07) is 2.12. The fourth-order valence-corrected chi connectivity index (χ4v) is 1.56. The molecule has 82 valence electrons. The quantitative estimate of drug-likeness (QED) is 0.768. The van der Waals surface area contributed by atoms with Crippen molar-refractivity contribution in [3.8, 4) is 0 Å². The Labute approximate surface area is 90.4 Å². The first-order valence-electron chi connectivity index (χ1n) is 4.89. The molecule has 0 saturated heterocycles.